The Hall–Kier alpha value is -0.650. The van der Waals surface area contributed by atoms with Gasteiger partial charge in [0, 0.05) is 12.3 Å². The minimum Gasteiger partial charge on any atom is -0.313 e. The van der Waals surface area contributed by atoms with E-state index in [1.165, 1.54) is 18.4 Å². The van der Waals surface area contributed by atoms with E-state index in [0.29, 0.717) is 13.0 Å². The van der Waals surface area contributed by atoms with Crippen molar-refractivity contribution in [2.75, 3.05) is 12.8 Å². The maximum Gasteiger partial charge on any atom is 0.151 e. The van der Waals surface area contributed by atoms with Gasteiger partial charge in [0.15, 0.2) is 9.84 Å². The lowest BCUT2D eigenvalue weighted by Gasteiger charge is -2.23. The number of likely N-dealkylation sites (N-methyl/N-ethyl adjacent to an activating group) is 1. The van der Waals surface area contributed by atoms with E-state index in [2.05, 4.69) is 5.32 Å². The summed E-state index contributed by atoms with van der Waals surface area (Å²) in [6.07, 6.45) is 1.71. The van der Waals surface area contributed by atoms with Crippen molar-refractivity contribution in [1.82, 2.24) is 5.32 Å². The van der Waals surface area contributed by atoms with Gasteiger partial charge in [-0.2, -0.15) is 0 Å². The molecule has 0 radical (unpaired) electrons. The molecular weight excluding hydrogens is 289 g/mol. The van der Waals surface area contributed by atoms with E-state index in [1.54, 1.807) is 13.0 Å². The zero-order valence-electron chi connectivity index (χ0n) is 11.3. The first-order valence-corrected chi connectivity index (χ1v) is 8.45. The van der Waals surface area contributed by atoms with Gasteiger partial charge in [0.2, 0.25) is 0 Å². The Labute approximate surface area is 119 Å². The molecule has 0 spiro atoms. The van der Waals surface area contributed by atoms with E-state index < -0.39 is 20.9 Å². The largest absolute Gasteiger partial charge is 0.313 e. The third-order valence-electron chi connectivity index (χ3n) is 3.15. The monoisotopic (exact) mass is 307 g/mol. The molecule has 0 aliphatic heterocycles. The zero-order valence-corrected chi connectivity index (χ0v) is 12.9. The molecule has 1 N–H and O–H groups in total. The Morgan fingerprint density at radius 3 is 2.53 bits per heavy atom. The van der Waals surface area contributed by atoms with Gasteiger partial charge in [0.25, 0.3) is 0 Å². The van der Waals surface area contributed by atoms with Crippen LogP contribution in [-0.4, -0.2) is 32.5 Å². The minimum atomic E-state index is -3.13. The molecule has 1 rings (SSSR count). The fourth-order valence-corrected chi connectivity index (χ4v) is 2.88. The van der Waals surface area contributed by atoms with E-state index in [0.717, 1.165) is 5.56 Å². The number of halogens is 2. The van der Waals surface area contributed by atoms with Gasteiger partial charge >= 0.3 is 0 Å². The Kier molecular flexibility index (Phi) is 5.77. The molecule has 0 aliphatic rings. The van der Waals surface area contributed by atoms with Gasteiger partial charge in [0.05, 0.1) is 10.3 Å². The van der Waals surface area contributed by atoms with Crippen molar-refractivity contribution in [2.24, 2.45) is 0 Å². The maximum absolute atomic E-state index is 13.1. The van der Waals surface area contributed by atoms with Gasteiger partial charge in [-0.15, -0.1) is 0 Å². The molecule has 6 heteroatoms. The van der Waals surface area contributed by atoms with Crippen LogP contribution in [0.5, 0.6) is 0 Å². The highest BCUT2D eigenvalue weighted by Crippen LogP contribution is 2.18. The Morgan fingerprint density at radius 2 is 2.05 bits per heavy atom. The molecule has 0 aliphatic carbocycles. The van der Waals surface area contributed by atoms with Crippen LogP contribution in [-0.2, 0) is 16.3 Å². The average Bonchev–Trinajstić information content (AvgIpc) is 2.31. The van der Waals surface area contributed by atoms with Crippen molar-refractivity contribution >= 4 is 21.4 Å². The quantitative estimate of drug-likeness (QED) is 0.878. The van der Waals surface area contributed by atoms with Crippen LogP contribution in [0, 0.1) is 5.82 Å². The smallest absolute Gasteiger partial charge is 0.151 e. The van der Waals surface area contributed by atoms with Crippen LogP contribution < -0.4 is 5.32 Å². The second-order valence-corrected chi connectivity index (χ2v) is 7.46. The molecule has 0 amide bonds. The predicted octanol–water partition coefficient (Wildman–Crippen LogP) is 2.43. The number of hydrogen-bond acceptors (Lipinski definition) is 3. The molecule has 3 nitrogen and oxygen atoms in total. The molecule has 0 bridgehead atoms. The number of sulfone groups is 1. The third kappa shape index (κ3) is 4.75. The number of benzene rings is 1. The second kappa shape index (κ2) is 6.68. The lowest BCUT2D eigenvalue weighted by Crippen LogP contribution is -2.43. The summed E-state index contributed by atoms with van der Waals surface area (Å²) in [4.78, 5) is 0. The minimum absolute atomic E-state index is 0.0553. The second-order valence-electron chi connectivity index (χ2n) is 4.65. The average molecular weight is 308 g/mol. The van der Waals surface area contributed by atoms with Gasteiger partial charge in [-0.25, -0.2) is 12.8 Å². The molecule has 1 aromatic rings. The van der Waals surface area contributed by atoms with Crippen LogP contribution in [0.1, 0.15) is 19.4 Å². The van der Waals surface area contributed by atoms with Crippen LogP contribution in [0.15, 0.2) is 18.2 Å². The normalized spacial score (nSPS) is 15.2. The van der Waals surface area contributed by atoms with Crippen molar-refractivity contribution < 1.29 is 12.8 Å². The fourth-order valence-electron chi connectivity index (χ4n) is 1.89. The van der Waals surface area contributed by atoms with Crippen LogP contribution >= 0.6 is 11.6 Å². The molecule has 0 heterocycles. The standard InChI is InChI=1S/C13H19ClFNO2S/c1-4-16-13(9(2)19(3,17)18)8-10-5-6-12(15)11(14)7-10/h5-7,9,13,16H,4,8H2,1-3H3. The molecule has 19 heavy (non-hydrogen) atoms. The van der Waals surface area contributed by atoms with Crippen molar-refractivity contribution in [2.45, 2.75) is 31.6 Å². The molecule has 0 fully saturated rings. The summed E-state index contributed by atoms with van der Waals surface area (Å²) in [7, 11) is -3.13. The highest BCUT2D eigenvalue weighted by atomic mass is 35.5. The zero-order chi connectivity index (χ0) is 14.6. The summed E-state index contributed by atoms with van der Waals surface area (Å²) in [6.45, 7) is 4.26. The van der Waals surface area contributed by atoms with E-state index in [9.17, 15) is 12.8 Å². The van der Waals surface area contributed by atoms with Crippen LogP contribution in [0.3, 0.4) is 0 Å². The lowest BCUT2D eigenvalue weighted by atomic mass is 10.0. The number of nitrogens with one attached hydrogen (secondary N) is 1. The molecule has 0 aromatic heterocycles. The van der Waals surface area contributed by atoms with Gasteiger partial charge in [-0.05, 0) is 37.6 Å². The number of rotatable bonds is 6. The van der Waals surface area contributed by atoms with Crippen LogP contribution in [0.4, 0.5) is 4.39 Å². The molecule has 1 aromatic carbocycles. The molecular formula is C13H19ClFNO2S. The van der Waals surface area contributed by atoms with E-state index >= 15 is 0 Å². The van der Waals surface area contributed by atoms with Crippen LogP contribution in [0.2, 0.25) is 5.02 Å². The van der Waals surface area contributed by atoms with E-state index in [1.807, 2.05) is 6.92 Å². The molecule has 108 valence electrons. The summed E-state index contributed by atoms with van der Waals surface area (Å²) in [5.74, 6) is -0.471. The molecule has 0 saturated heterocycles. The summed E-state index contributed by atoms with van der Waals surface area (Å²) in [5.41, 5.74) is 0.813. The summed E-state index contributed by atoms with van der Waals surface area (Å²) in [6, 6.07) is 4.24. The molecule has 2 unspecified atom stereocenters. The first-order chi connectivity index (χ1) is 8.75. The summed E-state index contributed by atoms with van der Waals surface area (Å²) >= 11 is 5.73. The van der Waals surface area contributed by atoms with Gasteiger partial charge in [0.1, 0.15) is 5.82 Å². The Morgan fingerprint density at radius 1 is 1.42 bits per heavy atom. The van der Waals surface area contributed by atoms with Gasteiger partial charge in [-0.3, -0.25) is 0 Å². The Bertz CT molecular complexity index is 533. The first-order valence-electron chi connectivity index (χ1n) is 6.12. The van der Waals surface area contributed by atoms with Crippen LogP contribution in [0.25, 0.3) is 0 Å². The first kappa shape index (κ1) is 16.4. The lowest BCUT2D eigenvalue weighted by molar-refractivity contribution is 0.493. The molecule has 0 saturated carbocycles. The molecule has 2 atom stereocenters. The fraction of sp³-hybridized carbons (Fsp3) is 0.538. The van der Waals surface area contributed by atoms with Crippen molar-refractivity contribution in [1.29, 1.82) is 0 Å². The van der Waals surface area contributed by atoms with Gasteiger partial charge in [-0.1, -0.05) is 24.6 Å². The highest BCUT2D eigenvalue weighted by Gasteiger charge is 2.25. The third-order valence-corrected chi connectivity index (χ3v) is 5.12. The number of hydrogen-bond donors (Lipinski definition) is 1. The van der Waals surface area contributed by atoms with E-state index in [-0.39, 0.29) is 11.1 Å². The van der Waals surface area contributed by atoms with E-state index in [4.69, 9.17) is 11.6 Å². The maximum atomic E-state index is 13.1. The van der Waals surface area contributed by atoms with Crippen molar-refractivity contribution in [3.63, 3.8) is 0 Å². The Balaban J connectivity index is 2.92. The highest BCUT2D eigenvalue weighted by molar-refractivity contribution is 7.91. The summed E-state index contributed by atoms with van der Waals surface area (Å²) < 4.78 is 36.4. The topological polar surface area (TPSA) is 46.2 Å². The summed E-state index contributed by atoms with van der Waals surface area (Å²) in [5, 5.41) is 2.69. The SMILES string of the molecule is CCNC(Cc1ccc(F)c(Cl)c1)C(C)S(C)(=O)=O. The van der Waals surface area contributed by atoms with Crippen molar-refractivity contribution in [3.8, 4) is 0 Å². The predicted molar refractivity (Wildman–Crippen MR) is 76.9 cm³/mol. The van der Waals surface area contributed by atoms with Crippen molar-refractivity contribution in [3.05, 3.63) is 34.6 Å². The van der Waals surface area contributed by atoms with Gasteiger partial charge < -0.3 is 5.32 Å².